The van der Waals surface area contributed by atoms with E-state index in [0.29, 0.717) is 35.6 Å². The van der Waals surface area contributed by atoms with Crippen LogP contribution in [0.4, 0.5) is 5.69 Å². The molecule has 5 rings (SSSR count). The molecular formula is C24H21N5O. The van der Waals surface area contributed by atoms with Crippen molar-refractivity contribution in [2.24, 2.45) is 16.1 Å². The number of nitrogens with two attached hydrogens (primary N) is 1. The number of hydrogen-bond acceptors (Lipinski definition) is 6. The van der Waals surface area contributed by atoms with Crippen molar-refractivity contribution >= 4 is 17.3 Å². The van der Waals surface area contributed by atoms with E-state index in [1.54, 1.807) is 12.4 Å². The Kier molecular flexibility index (Phi) is 3.90. The van der Waals surface area contributed by atoms with Gasteiger partial charge in [0.05, 0.1) is 23.2 Å². The third-order valence-corrected chi connectivity index (χ3v) is 5.98. The van der Waals surface area contributed by atoms with Crippen LogP contribution in [0.15, 0.2) is 76.4 Å². The van der Waals surface area contributed by atoms with Gasteiger partial charge in [0.2, 0.25) is 0 Å². The summed E-state index contributed by atoms with van der Waals surface area (Å²) in [5, 5.41) is 10.2. The number of para-hydroxylation sites is 1. The van der Waals surface area contributed by atoms with Gasteiger partial charge in [0, 0.05) is 35.6 Å². The fourth-order valence-electron chi connectivity index (χ4n) is 4.77. The van der Waals surface area contributed by atoms with E-state index in [4.69, 9.17) is 5.73 Å². The molecule has 148 valence electrons. The minimum Gasteiger partial charge on any atom is -0.383 e. The van der Waals surface area contributed by atoms with Gasteiger partial charge in [0.15, 0.2) is 11.6 Å². The van der Waals surface area contributed by atoms with Crippen LogP contribution in [0.5, 0.6) is 0 Å². The van der Waals surface area contributed by atoms with Gasteiger partial charge in [-0.3, -0.25) is 14.7 Å². The summed E-state index contributed by atoms with van der Waals surface area (Å²) in [5.74, 6) is 0.462. The molecule has 2 aromatic rings. The maximum absolute atomic E-state index is 13.4. The first kappa shape index (κ1) is 18.3. The summed E-state index contributed by atoms with van der Waals surface area (Å²) in [5.41, 5.74) is 10.6. The number of anilines is 1. The number of fused-ring (bicyclic) bond motifs is 4. The number of pyridine rings is 1. The van der Waals surface area contributed by atoms with Gasteiger partial charge in [-0.1, -0.05) is 32.0 Å². The Morgan fingerprint density at radius 3 is 2.73 bits per heavy atom. The molecule has 6 nitrogen and oxygen atoms in total. The Hall–Kier alpha value is -3.72. The van der Waals surface area contributed by atoms with Crippen LogP contribution >= 0.6 is 0 Å². The number of ketones is 1. The minimum atomic E-state index is -0.490. The molecular weight excluding hydrogens is 374 g/mol. The second-order valence-corrected chi connectivity index (χ2v) is 8.72. The summed E-state index contributed by atoms with van der Waals surface area (Å²) in [6.45, 7) is 4.20. The average molecular weight is 395 g/mol. The van der Waals surface area contributed by atoms with Crippen LogP contribution in [0.1, 0.15) is 43.7 Å². The third kappa shape index (κ3) is 2.59. The monoisotopic (exact) mass is 395 g/mol. The highest BCUT2D eigenvalue weighted by Crippen LogP contribution is 2.52. The highest BCUT2D eigenvalue weighted by atomic mass is 16.1. The second-order valence-electron chi connectivity index (χ2n) is 8.72. The molecule has 2 N–H and O–H groups in total. The molecule has 0 saturated carbocycles. The van der Waals surface area contributed by atoms with E-state index in [0.717, 1.165) is 22.5 Å². The zero-order chi connectivity index (χ0) is 21.0. The molecule has 1 atom stereocenters. The fourth-order valence-corrected chi connectivity index (χ4v) is 4.77. The van der Waals surface area contributed by atoms with E-state index in [1.807, 2.05) is 41.3 Å². The predicted molar refractivity (Wildman–Crippen MR) is 114 cm³/mol. The number of nitrogens with zero attached hydrogens (tertiary/aromatic N) is 4. The number of allylic oxidation sites excluding steroid dienone is 3. The topological polar surface area (TPSA) is 95.4 Å². The van der Waals surface area contributed by atoms with Crippen molar-refractivity contribution in [2.75, 3.05) is 4.90 Å². The van der Waals surface area contributed by atoms with E-state index in [-0.39, 0.29) is 11.2 Å². The van der Waals surface area contributed by atoms with Gasteiger partial charge in [-0.15, -0.1) is 0 Å². The lowest BCUT2D eigenvalue weighted by Gasteiger charge is -2.45. The van der Waals surface area contributed by atoms with Crippen LogP contribution < -0.4 is 10.6 Å². The Morgan fingerprint density at radius 2 is 2.00 bits per heavy atom. The lowest BCUT2D eigenvalue weighted by atomic mass is 9.68. The van der Waals surface area contributed by atoms with E-state index >= 15 is 0 Å². The van der Waals surface area contributed by atoms with Crippen molar-refractivity contribution in [3.05, 3.63) is 82.6 Å². The lowest BCUT2D eigenvalue weighted by Crippen LogP contribution is -2.42. The zero-order valence-corrected chi connectivity index (χ0v) is 16.9. The molecule has 0 amide bonds. The number of aromatic nitrogens is 1. The van der Waals surface area contributed by atoms with Crippen LogP contribution in [-0.4, -0.2) is 16.6 Å². The average Bonchev–Trinajstić information content (AvgIpc) is 2.72. The number of aliphatic imine (C=N–C) groups is 1. The largest absolute Gasteiger partial charge is 0.383 e. The summed E-state index contributed by atoms with van der Waals surface area (Å²) < 4.78 is 0. The first-order valence-corrected chi connectivity index (χ1v) is 9.95. The van der Waals surface area contributed by atoms with Crippen LogP contribution in [0.3, 0.4) is 0 Å². The van der Waals surface area contributed by atoms with Gasteiger partial charge >= 0.3 is 0 Å². The molecule has 3 aliphatic rings. The summed E-state index contributed by atoms with van der Waals surface area (Å²) in [6.07, 6.45) is 4.56. The Morgan fingerprint density at radius 1 is 1.20 bits per heavy atom. The Labute approximate surface area is 175 Å². The number of carbonyl (C=O) groups excluding carboxylic acids is 1. The summed E-state index contributed by atoms with van der Waals surface area (Å²) in [4.78, 5) is 24.3. The molecule has 0 unspecified atom stereocenters. The Bertz CT molecular complexity index is 1210. The number of Topliss-reactive ketones (excluding diaryl/α,β-unsaturated/α-hetero) is 1. The van der Waals surface area contributed by atoms with Crippen molar-refractivity contribution < 1.29 is 4.79 Å². The number of carbonyl (C=O) groups is 1. The van der Waals surface area contributed by atoms with Gasteiger partial charge in [-0.05, 0) is 35.6 Å². The van der Waals surface area contributed by atoms with Crippen molar-refractivity contribution in [2.45, 2.75) is 32.6 Å². The maximum Gasteiger partial charge on any atom is 0.162 e. The molecule has 0 fully saturated rings. The molecule has 6 heteroatoms. The van der Waals surface area contributed by atoms with Crippen molar-refractivity contribution in [3.8, 4) is 6.07 Å². The van der Waals surface area contributed by atoms with Crippen molar-refractivity contribution in [3.63, 3.8) is 0 Å². The molecule has 1 aromatic carbocycles. The third-order valence-electron chi connectivity index (χ3n) is 5.98. The standard InChI is InChI=1S/C24H21N5O/c1-24(2)10-18-21(19(30)11-24)20(14-6-5-9-27-13-14)16(12-25)23-28-22(26)15-7-3-4-8-17(15)29(18)23/h3-9,13,20H,10-11H2,1-2H3,(H2,26,28)/t20-/m0/s1. The van der Waals surface area contributed by atoms with Gasteiger partial charge in [0.1, 0.15) is 5.84 Å². The quantitative estimate of drug-likeness (QED) is 0.793. The first-order chi connectivity index (χ1) is 14.4. The minimum absolute atomic E-state index is 0.0712. The summed E-state index contributed by atoms with van der Waals surface area (Å²) in [6, 6.07) is 13.8. The van der Waals surface area contributed by atoms with Gasteiger partial charge in [-0.2, -0.15) is 5.26 Å². The molecule has 0 bridgehead atoms. The number of amidine groups is 1. The van der Waals surface area contributed by atoms with Gasteiger partial charge in [-0.25, -0.2) is 4.99 Å². The highest BCUT2D eigenvalue weighted by molar-refractivity contribution is 6.08. The number of hydrogen-bond donors (Lipinski definition) is 1. The number of benzene rings is 1. The predicted octanol–water partition coefficient (Wildman–Crippen LogP) is 3.78. The molecule has 1 aromatic heterocycles. The second kappa shape index (κ2) is 6.39. The van der Waals surface area contributed by atoms with Crippen LogP contribution in [-0.2, 0) is 4.79 Å². The van der Waals surface area contributed by atoms with E-state index in [9.17, 15) is 10.1 Å². The highest BCUT2D eigenvalue weighted by Gasteiger charge is 2.46. The van der Waals surface area contributed by atoms with E-state index in [1.165, 1.54) is 0 Å². The number of rotatable bonds is 1. The summed E-state index contributed by atoms with van der Waals surface area (Å²) in [7, 11) is 0. The zero-order valence-electron chi connectivity index (χ0n) is 16.9. The molecule has 2 aliphatic heterocycles. The SMILES string of the molecule is CC1(C)CC(=O)C2=C(C1)N1C(=C(C#N)[C@@H]2c2cccnc2)N=C(N)c2ccccc21. The van der Waals surface area contributed by atoms with E-state index < -0.39 is 5.92 Å². The smallest absolute Gasteiger partial charge is 0.162 e. The first-order valence-electron chi connectivity index (χ1n) is 9.95. The molecule has 0 saturated heterocycles. The Balaban J connectivity index is 1.86. The van der Waals surface area contributed by atoms with Crippen LogP contribution in [0.25, 0.3) is 0 Å². The maximum atomic E-state index is 13.4. The fraction of sp³-hybridized carbons (Fsp3) is 0.250. The summed E-state index contributed by atoms with van der Waals surface area (Å²) >= 11 is 0. The van der Waals surface area contributed by atoms with Crippen LogP contribution in [0, 0.1) is 16.7 Å². The number of nitriles is 1. The molecule has 0 radical (unpaired) electrons. The van der Waals surface area contributed by atoms with E-state index in [2.05, 4.69) is 29.9 Å². The van der Waals surface area contributed by atoms with Gasteiger partial charge in [0.25, 0.3) is 0 Å². The van der Waals surface area contributed by atoms with Crippen molar-refractivity contribution in [1.82, 2.24) is 4.98 Å². The van der Waals surface area contributed by atoms with Crippen LogP contribution in [0.2, 0.25) is 0 Å². The van der Waals surface area contributed by atoms with Crippen molar-refractivity contribution in [1.29, 1.82) is 5.26 Å². The lowest BCUT2D eigenvalue weighted by molar-refractivity contribution is -0.118. The molecule has 0 spiro atoms. The molecule has 30 heavy (non-hydrogen) atoms. The normalized spacial score (nSPS) is 22.0. The van der Waals surface area contributed by atoms with Gasteiger partial charge < -0.3 is 5.73 Å². The molecule has 3 heterocycles. The molecule has 1 aliphatic carbocycles.